The molecule has 0 fully saturated rings. The molecule has 20 heavy (non-hydrogen) atoms. The van der Waals surface area contributed by atoms with Crippen LogP contribution in [0.2, 0.25) is 5.02 Å². The van der Waals surface area contributed by atoms with E-state index in [9.17, 15) is 14.9 Å². The zero-order chi connectivity index (χ0) is 14.7. The molecule has 0 aliphatic carbocycles. The maximum Gasteiger partial charge on any atom is 0.272 e. The van der Waals surface area contributed by atoms with E-state index in [2.05, 4.69) is 5.32 Å². The van der Waals surface area contributed by atoms with Crippen molar-refractivity contribution in [3.05, 3.63) is 68.7 Å². The lowest BCUT2D eigenvalue weighted by Gasteiger charge is -2.06. The summed E-state index contributed by atoms with van der Waals surface area (Å²) in [6, 6.07) is 11.0. The van der Waals surface area contributed by atoms with Crippen molar-refractivity contribution in [1.29, 1.82) is 0 Å². The summed E-state index contributed by atoms with van der Waals surface area (Å²) in [5, 5.41) is 13.9. The fraction of sp³-hybridized carbons (Fsp3) is 0.0714. The van der Waals surface area contributed by atoms with Crippen molar-refractivity contribution in [2.45, 2.75) is 6.92 Å². The normalized spacial score (nSPS) is 10.1. The van der Waals surface area contributed by atoms with Crippen LogP contribution in [0.4, 0.5) is 11.4 Å². The van der Waals surface area contributed by atoms with Gasteiger partial charge in [-0.05, 0) is 37.3 Å². The molecule has 0 aliphatic heterocycles. The first-order valence-corrected chi connectivity index (χ1v) is 6.17. The lowest BCUT2D eigenvalue weighted by molar-refractivity contribution is -0.385. The summed E-state index contributed by atoms with van der Waals surface area (Å²) in [5.41, 5.74) is 1.35. The summed E-state index contributed by atoms with van der Waals surface area (Å²) in [6.07, 6.45) is 0. The van der Waals surface area contributed by atoms with Gasteiger partial charge in [-0.1, -0.05) is 17.7 Å². The second kappa shape index (κ2) is 5.71. The minimum Gasteiger partial charge on any atom is -0.322 e. The zero-order valence-electron chi connectivity index (χ0n) is 10.6. The number of anilines is 1. The quantitative estimate of drug-likeness (QED) is 0.690. The van der Waals surface area contributed by atoms with Crippen molar-refractivity contribution < 1.29 is 9.72 Å². The molecule has 0 aromatic heterocycles. The van der Waals surface area contributed by atoms with E-state index in [1.807, 2.05) is 0 Å². The van der Waals surface area contributed by atoms with Gasteiger partial charge in [0.25, 0.3) is 11.6 Å². The van der Waals surface area contributed by atoms with Crippen LogP contribution in [0.3, 0.4) is 0 Å². The van der Waals surface area contributed by atoms with Crippen molar-refractivity contribution in [3.63, 3.8) is 0 Å². The van der Waals surface area contributed by atoms with Crippen LogP contribution in [0.25, 0.3) is 0 Å². The molecule has 2 aromatic rings. The third-order valence-corrected chi connectivity index (χ3v) is 2.97. The molecule has 0 aliphatic rings. The summed E-state index contributed by atoms with van der Waals surface area (Å²) in [4.78, 5) is 22.3. The van der Waals surface area contributed by atoms with E-state index in [1.54, 1.807) is 31.2 Å². The molecule has 1 amide bonds. The second-order valence-electron chi connectivity index (χ2n) is 4.22. The van der Waals surface area contributed by atoms with Crippen molar-refractivity contribution in [3.8, 4) is 0 Å². The molecule has 1 N–H and O–H groups in total. The first-order chi connectivity index (χ1) is 9.47. The molecule has 0 saturated carbocycles. The van der Waals surface area contributed by atoms with Crippen molar-refractivity contribution in [1.82, 2.24) is 0 Å². The van der Waals surface area contributed by atoms with E-state index in [-0.39, 0.29) is 11.6 Å². The van der Waals surface area contributed by atoms with E-state index in [4.69, 9.17) is 11.6 Å². The molecule has 0 unspecified atom stereocenters. The fourth-order valence-electron chi connectivity index (χ4n) is 1.77. The highest BCUT2D eigenvalue weighted by molar-refractivity contribution is 6.30. The van der Waals surface area contributed by atoms with E-state index < -0.39 is 4.92 Å². The molecule has 5 nitrogen and oxygen atoms in total. The molecular weight excluding hydrogens is 280 g/mol. The minimum absolute atomic E-state index is 0.00990. The Morgan fingerprint density at radius 1 is 1.25 bits per heavy atom. The number of benzene rings is 2. The topological polar surface area (TPSA) is 72.2 Å². The highest BCUT2D eigenvalue weighted by Gasteiger charge is 2.13. The number of nitrogens with zero attached hydrogens (tertiary/aromatic N) is 1. The van der Waals surface area contributed by atoms with Crippen LogP contribution < -0.4 is 5.32 Å². The first-order valence-electron chi connectivity index (χ1n) is 5.79. The van der Waals surface area contributed by atoms with Crippen LogP contribution in [0, 0.1) is 17.0 Å². The first kappa shape index (κ1) is 14.0. The van der Waals surface area contributed by atoms with E-state index >= 15 is 0 Å². The summed E-state index contributed by atoms with van der Waals surface area (Å²) < 4.78 is 0. The van der Waals surface area contributed by atoms with E-state index in [0.29, 0.717) is 21.8 Å². The summed E-state index contributed by atoms with van der Waals surface area (Å²) in [5.74, 6) is -0.342. The number of aryl methyl sites for hydroxylation is 1. The number of halogens is 1. The van der Waals surface area contributed by atoms with Crippen molar-refractivity contribution >= 4 is 28.9 Å². The molecule has 0 radical (unpaired) electrons. The number of hydrogen-bond donors (Lipinski definition) is 1. The lowest BCUT2D eigenvalue weighted by atomic mass is 10.1. The molecular formula is C14H11ClN2O3. The Labute approximate surface area is 120 Å². The molecule has 0 atom stereocenters. The Morgan fingerprint density at radius 2 is 2.00 bits per heavy atom. The monoisotopic (exact) mass is 290 g/mol. The second-order valence-corrected chi connectivity index (χ2v) is 4.66. The molecule has 0 spiro atoms. The van der Waals surface area contributed by atoms with Gasteiger partial charge in [0.2, 0.25) is 0 Å². The van der Waals surface area contributed by atoms with Crippen LogP contribution in [-0.4, -0.2) is 10.8 Å². The number of carbonyl (C=O) groups is 1. The molecule has 0 heterocycles. The van der Waals surface area contributed by atoms with Gasteiger partial charge in [0.15, 0.2) is 0 Å². The number of hydrogen-bond acceptors (Lipinski definition) is 3. The van der Waals surface area contributed by atoms with Gasteiger partial charge >= 0.3 is 0 Å². The smallest absolute Gasteiger partial charge is 0.272 e. The number of nitrogens with one attached hydrogen (secondary N) is 1. The highest BCUT2D eigenvalue weighted by Crippen LogP contribution is 2.20. The minimum atomic E-state index is -0.478. The number of rotatable bonds is 3. The third-order valence-electron chi connectivity index (χ3n) is 2.74. The summed E-state index contributed by atoms with van der Waals surface area (Å²) >= 11 is 5.83. The molecule has 2 aromatic carbocycles. The van der Waals surface area contributed by atoms with Gasteiger partial charge in [-0.25, -0.2) is 0 Å². The SMILES string of the molecule is Cc1cc(C(=O)Nc2cccc(Cl)c2)ccc1[N+](=O)[O-]. The van der Waals surface area contributed by atoms with Crippen LogP contribution >= 0.6 is 11.6 Å². The predicted octanol–water partition coefficient (Wildman–Crippen LogP) is 3.81. The van der Waals surface area contributed by atoms with Gasteiger partial charge in [0.05, 0.1) is 4.92 Å². The zero-order valence-corrected chi connectivity index (χ0v) is 11.3. The van der Waals surface area contributed by atoms with Crippen LogP contribution in [-0.2, 0) is 0 Å². The maximum absolute atomic E-state index is 12.0. The van der Waals surface area contributed by atoms with Gasteiger partial charge in [-0.3, -0.25) is 14.9 Å². The van der Waals surface area contributed by atoms with Gasteiger partial charge in [0.1, 0.15) is 0 Å². The van der Waals surface area contributed by atoms with E-state index in [1.165, 1.54) is 18.2 Å². The Balaban J connectivity index is 2.22. The van der Waals surface area contributed by atoms with E-state index in [0.717, 1.165) is 0 Å². The average Bonchev–Trinajstić information content (AvgIpc) is 2.38. The van der Waals surface area contributed by atoms with Crippen molar-refractivity contribution in [2.24, 2.45) is 0 Å². The van der Waals surface area contributed by atoms with Gasteiger partial charge in [0, 0.05) is 27.9 Å². The Morgan fingerprint density at radius 3 is 2.60 bits per heavy atom. The number of carbonyl (C=O) groups excluding carboxylic acids is 1. The predicted molar refractivity (Wildman–Crippen MR) is 77.2 cm³/mol. The Kier molecular flexibility index (Phi) is 4.00. The van der Waals surface area contributed by atoms with Crippen LogP contribution in [0.15, 0.2) is 42.5 Å². The summed E-state index contributed by atoms with van der Waals surface area (Å²) in [6.45, 7) is 1.59. The third kappa shape index (κ3) is 3.13. The Hall–Kier alpha value is -2.40. The number of amides is 1. The molecule has 102 valence electrons. The largest absolute Gasteiger partial charge is 0.322 e. The van der Waals surface area contributed by atoms with Crippen molar-refractivity contribution in [2.75, 3.05) is 5.32 Å². The van der Waals surface area contributed by atoms with Gasteiger partial charge in [-0.2, -0.15) is 0 Å². The van der Waals surface area contributed by atoms with Gasteiger partial charge < -0.3 is 5.32 Å². The molecule has 6 heteroatoms. The average molecular weight is 291 g/mol. The highest BCUT2D eigenvalue weighted by atomic mass is 35.5. The van der Waals surface area contributed by atoms with Gasteiger partial charge in [-0.15, -0.1) is 0 Å². The lowest BCUT2D eigenvalue weighted by Crippen LogP contribution is -2.12. The molecule has 0 saturated heterocycles. The number of nitro benzene ring substituents is 1. The van der Waals surface area contributed by atoms with Crippen LogP contribution in [0.5, 0.6) is 0 Å². The molecule has 2 rings (SSSR count). The summed E-state index contributed by atoms with van der Waals surface area (Å²) in [7, 11) is 0. The molecule has 0 bridgehead atoms. The Bertz CT molecular complexity index is 686. The number of nitro groups is 1. The standard InChI is InChI=1S/C14H11ClN2O3/c1-9-7-10(5-6-13(9)17(19)20)14(18)16-12-4-2-3-11(15)8-12/h2-8H,1H3,(H,16,18). The maximum atomic E-state index is 12.0. The van der Waals surface area contributed by atoms with Crippen LogP contribution in [0.1, 0.15) is 15.9 Å². The fourth-order valence-corrected chi connectivity index (χ4v) is 1.96.